The fraction of sp³-hybridized carbons (Fsp3) is 0.611. The molecule has 25 heavy (non-hydrogen) atoms. The molecule has 0 radical (unpaired) electrons. The maximum Gasteiger partial charge on any atom is 0.191 e. The fourth-order valence-electron chi connectivity index (χ4n) is 3.25. The summed E-state index contributed by atoms with van der Waals surface area (Å²) in [5.41, 5.74) is 0. The Hall–Kier alpha value is -0.640. The van der Waals surface area contributed by atoms with Gasteiger partial charge in [0.25, 0.3) is 0 Å². The van der Waals surface area contributed by atoms with Gasteiger partial charge in [-0.1, -0.05) is 12.2 Å². The SMILES string of the molecule is CN=C(NCC(c1ccc(C)s1)N1CCOCC1)NC1CC=CC1.I. The number of thiophene rings is 1. The average molecular weight is 476 g/mol. The summed E-state index contributed by atoms with van der Waals surface area (Å²) < 4.78 is 5.52. The van der Waals surface area contributed by atoms with Crippen LogP contribution >= 0.6 is 35.3 Å². The quantitative estimate of drug-likeness (QED) is 0.297. The highest BCUT2D eigenvalue weighted by Gasteiger charge is 2.24. The van der Waals surface area contributed by atoms with Crippen molar-refractivity contribution in [2.75, 3.05) is 39.9 Å². The molecule has 0 spiro atoms. The molecule has 7 heteroatoms. The normalized spacial score (nSPS) is 20.3. The summed E-state index contributed by atoms with van der Waals surface area (Å²) in [6.07, 6.45) is 6.63. The van der Waals surface area contributed by atoms with E-state index in [4.69, 9.17) is 4.74 Å². The van der Waals surface area contributed by atoms with Crippen molar-refractivity contribution in [3.05, 3.63) is 34.0 Å². The first-order chi connectivity index (χ1) is 11.8. The lowest BCUT2D eigenvalue weighted by molar-refractivity contribution is 0.0177. The highest BCUT2D eigenvalue weighted by molar-refractivity contribution is 14.0. The topological polar surface area (TPSA) is 48.9 Å². The first-order valence-electron chi connectivity index (χ1n) is 8.76. The van der Waals surface area contributed by atoms with Crippen LogP contribution < -0.4 is 10.6 Å². The summed E-state index contributed by atoms with van der Waals surface area (Å²) in [5, 5.41) is 7.05. The molecule has 1 aliphatic carbocycles. The molecule has 140 valence electrons. The number of guanidine groups is 1. The van der Waals surface area contributed by atoms with Gasteiger partial charge in [0.2, 0.25) is 0 Å². The summed E-state index contributed by atoms with van der Waals surface area (Å²) in [7, 11) is 1.84. The Bertz CT molecular complexity index is 575. The van der Waals surface area contributed by atoms with E-state index in [2.05, 4.69) is 51.7 Å². The minimum Gasteiger partial charge on any atom is -0.379 e. The van der Waals surface area contributed by atoms with Gasteiger partial charge in [0.05, 0.1) is 19.3 Å². The van der Waals surface area contributed by atoms with Gasteiger partial charge in [-0.2, -0.15) is 0 Å². The zero-order valence-corrected chi connectivity index (χ0v) is 18.2. The van der Waals surface area contributed by atoms with Crippen LogP contribution in [0.15, 0.2) is 29.3 Å². The van der Waals surface area contributed by atoms with Crippen LogP contribution in [0.5, 0.6) is 0 Å². The molecule has 3 rings (SSSR count). The van der Waals surface area contributed by atoms with E-state index in [1.54, 1.807) is 0 Å². The first-order valence-corrected chi connectivity index (χ1v) is 9.58. The van der Waals surface area contributed by atoms with Gasteiger partial charge in [0.1, 0.15) is 0 Å². The van der Waals surface area contributed by atoms with Crippen molar-refractivity contribution in [1.29, 1.82) is 0 Å². The Balaban J connectivity index is 0.00000225. The maximum absolute atomic E-state index is 5.52. The number of rotatable bonds is 5. The van der Waals surface area contributed by atoms with Crippen LogP contribution in [0.3, 0.4) is 0 Å². The third-order valence-electron chi connectivity index (χ3n) is 4.61. The molecule has 1 atom stereocenters. The second-order valence-corrected chi connectivity index (χ2v) is 7.67. The Kier molecular flexibility index (Phi) is 8.68. The van der Waals surface area contributed by atoms with E-state index in [1.807, 2.05) is 18.4 Å². The van der Waals surface area contributed by atoms with Gasteiger partial charge in [-0.05, 0) is 31.9 Å². The Morgan fingerprint density at radius 3 is 2.64 bits per heavy atom. The number of nitrogens with zero attached hydrogens (tertiary/aromatic N) is 2. The van der Waals surface area contributed by atoms with E-state index in [0.29, 0.717) is 12.1 Å². The van der Waals surface area contributed by atoms with Gasteiger partial charge >= 0.3 is 0 Å². The van der Waals surface area contributed by atoms with Gasteiger partial charge in [0.15, 0.2) is 5.96 Å². The monoisotopic (exact) mass is 476 g/mol. The van der Waals surface area contributed by atoms with Gasteiger partial charge in [-0.15, -0.1) is 35.3 Å². The van der Waals surface area contributed by atoms with Crippen molar-refractivity contribution in [3.8, 4) is 0 Å². The molecular weight excluding hydrogens is 447 g/mol. The van der Waals surface area contributed by atoms with E-state index < -0.39 is 0 Å². The molecule has 0 aromatic carbocycles. The van der Waals surface area contributed by atoms with Crippen LogP contribution in [0.4, 0.5) is 0 Å². The standard InChI is InChI=1S/C18H28N4OS.HI/c1-14-7-8-17(24-14)16(22-9-11-23-12-10-22)13-20-18(19-2)21-15-5-3-4-6-15;/h3-4,7-8,15-16H,5-6,9-13H2,1-2H3,(H2,19,20,21);1H. The van der Waals surface area contributed by atoms with Crippen LogP contribution in [0.1, 0.15) is 28.6 Å². The molecule has 2 aliphatic rings. The molecule has 1 saturated heterocycles. The molecule has 1 aromatic rings. The minimum absolute atomic E-state index is 0. The lowest BCUT2D eigenvalue weighted by atomic mass is 10.2. The summed E-state index contributed by atoms with van der Waals surface area (Å²) in [5.74, 6) is 0.898. The maximum atomic E-state index is 5.52. The molecule has 0 saturated carbocycles. The van der Waals surface area contributed by atoms with Gasteiger partial charge in [-0.3, -0.25) is 9.89 Å². The predicted octanol–water partition coefficient (Wildman–Crippen LogP) is 2.93. The third kappa shape index (κ3) is 5.94. The number of aliphatic imine (C=N–C) groups is 1. The number of morpholine rings is 1. The van der Waals surface area contributed by atoms with E-state index in [1.165, 1.54) is 9.75 Å². The zero-order valence-electron chi connectivity index (χ0n) is 15.0. The molecular formula is C18H29IN4OS. The molecule has 2 N–H and O–H groups in total. The number of nitrogens with one attached hydrogen (secondary N) is 2. The van der Waals surface area contributed by atoms with E-state index >= 15 is 0 Å². The van der Waals surface area contributed by atoms with Crippen molar-refractivity contribution in [2.45, 2.75) is 31.8 Å². The smallest absolute Gasteiger partial charge is 0.191 e. The predicted molar refractivity (Wildman–Crippen MR) is 116 cm³/mol. The number of hydrogen-bond donors (Lipinski definition) is 2. The van der Waals surface area contributed by atoms with Gasteiger partial charge in [0, 0.05) is 42.5 Å². The molecule has 0 bridgehead atoms. The highest BCUT2D eigenvalue weighted by Crippen LogP contribution is 2.27. The molecule has 1 fully saturated rings. The second kappa shape index (κ2) is 10.5. The molecule has 5 nitrogen and oxygen atoms in total. The zero-order chi connectivity index (χ0) is 16.8. The van der Waals surface area contributed by atoms with Crippen molar-refractivity contribution >= 4 is 41.3 Å². The number of halogens is 1. The number of ether oxygens (including phenoxy) is 1. The lowest BCUT2D eigenvalue weighted by Crippen LogP contribution is -2.47. The van der Waals surface area contributed by atoms with E-state index in [9.17, 15) is 0 Å². The Morgan fingerprint density at radius 2 is 2.04 bits per heavy atom. The van der Waals surface area contributed by atoms with Crippen molar-refractivity contribution < 1.29 is 4.74 Å². The fourth-order valence-corrected chi connectivity index (χ4v) is 4.26. The molecule has 1 aromatic heterocycles. The van der Waals surface area contributed by atoms with Crippen molar-refractivity contribution in [3.63, 3.8) is 0 Å². The van der Waals surface area contributed by atoms with E-state index in [0.717, 1.165) is 51.6 Å². The molecule has 1 unspecified atom stereocenters. The molecule has 0 amide bonds. The lowest BCUT2D eigenvalue weighted by Gasteiger charge is -2.34. The van der Waals surface area contributed by atoms with Crippen LogP contribution in [-0.2, 0) is 4.74 Å². The summed E-state index contributed by atoms with van der Waals surface area (Å²) in [4.78, 5) is 9.69. The summed E-state index contributed by atoms with van der Waals surface area (Å²) >= 11 is 1.89. The Morgan fingerprint density at radius 1 is 1.32 bits per heavy atom. The highest BCUT2D eigenvalue weighted by atomic mass is 127. The van der Waals surface area contributed by atoms with Crippen molar-refractivity contribution in [1.82, 2.24) is 15.5 Å². The summed E-state index contributed by atoms with van der Waals surface area (Å²) in [6, 6.07) is 5.32. The van der Waals surface area contributed by atoms with Crippen LogP contribution in [-0.4, -0.2) is 56.8 Å². The van der Waals surface area contributed by atoms with E-state index in [-0.39, 0.29) is 24.0 Å². The van der Waals surface area contributed by atoms with Gasteiger partial charge < -0.3 is 15.4 Å². The third-order valence-corrected chi connectivity index (χ3v) is 5.71. The van der Waals surface area contributed by atoms with Crippen LogP contribution in [0, 0.1) is 6.92 Å². The summed E-state index contributed by atoms with van der Waals surface area (Å²) in [6.45, 7) is 6.65. The molecule has 1 aliphatic heterocycles. The van der Waals surface area contributed by atoms with Crippen LogP contribution in [0.25, 0.3) is 0 Å². The number of aryl methyl sites for hydroxylation is 1. The number of hydrogen-bond acceptors (Lipinski definition) is 4. The van der Waals surface area contributed by atoms with Gasteiger partial charge in [-0.25, -0.2) is 0 Å². The minimum atomic E-state index is 0. The first kappa shape index (κ1) is 20.7. The average Bonchev–Trinajstić information content (AvgIpc) is 3.27. The molecule has 2 heterocycles. The van der Waals surface area contributed by atoms with Crippen LogP contribution in [0.2, 0.25) is 0 Å². The Labute approximate surface area is 171 Å². The largest absolute Gasteiger partial charge is 0.379 e. The van der Waals surface area contributed by atoms with Crippen molar-refractivity contribution in [2.24, 2.45) is 4.99 Å². The second-order valence-electron chi connectivity index (χ2n) is 6.35.